The molecule has 3 saturated heterocycles. The molecule has 3 fully saturated rings. The van der Waals surface area contributed by atoms with Gasteiger partial charge in [0.15, 0.2) is 0 Å². The number of rotatable bonds is 3. The molecule has 4 heteroatoms. The normalized spacial score (nSPS) is 28.4. The van der Waals surface area contributed by atoms with Crippen molar-refractivity contribution in [2.24, 2.45) is 5.92 Å². The van der Waals surface area contributed by atoms with Crippen LogP contribution in [0.15, 0.2) is 53.5 Å². The molecule has 5 aliphatic rings. The number of nitrogens with zero attached hydrogens (tertiary/aromatic N) is 2. The highest BCUT2D eigenvalue weighted by Gasteiger charge is 2.41. The van der Waals surface area contributed by atoms with Gasteiger partial charge in [0.25, 0.3) is 0 Å². The molecule has 0 aromatic carbocycles. The number of pyridine rings is 1. The van der Waals surface area contributed by atoms with Crippen molar-refractivity contribution in [2.45, 2.75) is 31.9 Å². The Labute approximate surface area is 147 Å². The predicted octanol–water partition coefficient (Wildman–Crippen LogP) is 4.31. The van der Waals surface area contributed by atoms with Crippen LogP contribution in [-0.4, -0.2) is 35.1 Å². The molecular formula is C21H22N2O2. The van der Waals surface area contributed by atoms with Crippen molar-refractivity contribution >= 4 is 0 Å². The van der Waals surface area contributed by atoms with E-state index in [2.05, 4.69) is 41.1 Å². The Morgan fingerprint density at radius 1 is 1.04 bits per heavy atom. The minimum Gasteiger partial charge on any atom is -0.472 e. The number of hydrogen-bond donors (Lipinski definition) is 0. The zero-order valence-corrected chi connectivity index (χ0v) is 14.4. The van der Waals surface area contributed by atoms with Gasteiger partial charge in [-0.2, -0.15) is 0 Å². The summed E-state index contributed by atoms with van der Waals surface area (Å²) in [6.07, 6.45) is 8.06. The Bertz CT molecular complexity index is 849. The summed E-state index contributed by atoms with van der Waals surface area (Å²) in [4.78, 5) is 7.12. The molecule has 4 nitrogen and oxygen atoms in total. The van der Waals surface area contributed by atoms with Gasteiger partial charge in [0.2, 0.25) is 5.88 Å². The van der Waals surface area contributed by atoms with Crippen LogP contribution >= 0.6 is 0 Å². The van der Waals surface area contributed by atoms with E-state index in [1.54, 1.807) is 12.5 Å². The first-order valence-corrected chi connectivity index (χ1v) is 9.12. The highest BCUT2D eigenvalue weighted by molar-refractivity contribution is 5.85. The molecule has 1 aromatic rings. The second-order valence-electron chi connectivity index (χ2n) is 7.23. The standard InChI is InChI=1S/C21H22N2O2/c1-14-20(15-7-10-23(14)11-8-15)25-21-18(6-3-9-22-21)19-13-24-12-16-4-2-5-17(16)19/h2-6,9,12-15,20H,7-8,10-11H2,1H3. The van der Waals surface area contributed by atoms with Crippen molar-refractivity contribution in [3.63, 3.8) is 0 Å². The maximum absolute atomic E-state index is 6.52. The zero-order valence-electron chi connectivity index (χ0n) is 14.4. The van der Waals surface area contributed by atoms with Crippen molar-refractivity contribution in [3.8, 4) is 28.1 Å². The topological polar surface area (TPSA) is 38.5 Å². The van der Waals surface area contributed by atoms with Crippen molar-refractivity contribution < 1.29 is 9.15 Å². The van der Waals surface area contributed by atoms with E-state index in [1.807, 2.05) is 12.3 Å². The lowest BCUT2D eigenvalue weighted by molar-refractivity contribution is -0.0522. The Hall–Kier alpha value is -2.33. The zero-order chi connectivity index (χ0) is 16.8. The van der Waals surface area contributed by atoms with E-state index in [0.717, 1.165) is 22.6 Å². The molecule has 2 atom stereocenters. The van der Waals surface area contributed by atoms with E-state index in [1.165, 1.54) is 31.5 Å². The van der Waals surface area contributed by atoms with Crippen LogP contribution in [-0.2, 0) is 0 Å². The minimum absolute atomic E-state index is 0.215. The van der Waals surface area contributed by atoms with Crippen LogP contribution in [0.1, 0.15) is 19.8 Å². The van der Waals surface area contributed by atoms with Crippen molar-refractivity contribution in [3.05, 3.63) is 49.1 Å². The fourth-order valence-electron chi connectivity index (χ4n) is 4.50. The summed E-state index contributed by atoms with van der Waals surface area (Å²) < 4.78 is 12.1. The highest BCUT2D eigenvalue weighted by Crippen LogP contribution is 2.40. The first kappa shape index (κ1) is 15.0. The van der Waals surface area contributed by atoms with Gasteiger partial charge < -0.3 is 9.15 Å². The Morgan fingerprint density at radius 3 is 2.72 bits per heavy atom. The van der Waals surface area contributed by atoms with Crippen LogP contribution in [0.25, 0.3) is 22.3 Å². The van der Waals surface area contributed by atoms with Gasteiger partial charge in [-0.3, -0.25) is 4.90 Å². The Kier molecular flexibility index (Phi) is 3.52. The molecule has 4 aliphatic heterocycles. The molecule has 1 aliphatic carbocycles. The van der Waals surface area contributed by atoms with Gasteiger partial charge in [0, 0.05) is 28.9 Å². The van der Waals surface area contributed by atoms with E-state index in [4.69, 9.17) is 9.15 Å². The number of aromatic nitrogens is 1. The van der Waals surface area contributed by atoms with Crippen LogP contribution in [0.3, 0.4) is 0 Å². The molecule has 25 heavy (non-hydrogen) atoms. The molecule has 1 aromatic heterocycles. The molecule has 6 rings (SSSR count). The summed E-state index contributed by atoms with van der Waals surface area (Å²) in [5, 5.41) is 0. The molecule has 0 amide bonds. The quantitative estimate of drug-likeness (QED) is 0.715. The maximum Gasteiger partial charge on any atom is 0.221 e. The van der Waals surface area contributed by atoms with Gasteiger partial charge in [-0.15, -0.1) is 0 Å². The van der Waals surface area contributed by atoms with Gasteiger partial charge in [-0.25, -0.2) is 4.98 Å². The number of ether oxygens (including phenoxy) is 1. The summed E-state index contributed by atoms with van der Waals surface area (Å²) in [5.74, 6) is 1.35. The third-order valence-corrected chi connectivity index (χ3v) is 5.92. The molecule has 5 heterocycles. The second kappa shape index (κ2) is 5.88. The van der Waals surface area contributed by atoms with Gasteiger partial charge >= 0.3 is 0 Å². The highest BCUT2D eigenvalue weighted by atomic mass is 16.5. The second-order valence-corrected chi connectivity index (χ2v) is 7.23. The first-order chi connectivity index (χ1) is 12.3. The van der Waals surface area contributed by atoms with Crippen LogP contribution < -0.4 is 4.74 Å². The maximum atomic E-state index is 6.52. The summed E-state index contributed by atoms with van der Waals surface area (Å²) in [7, 11) is 0. The number of hydrogen-bond acceptors (Lipinski definition) is 4. The van der Waals surface area contributed by atoms with Gasteiger partial charge in [0.1, 0.15) is 6.10 Å². The SMILES string of the molecule is CC1C(Oc2ncccc2-c2cocc3cccc2-3)C2CCN1CC2. The van der Waals surface area contributed by atoms with Crippen LogP contribution in [0.2, 0.25) is 0 Å². The monoisotopic (exact) mass is 334 g/mol. The van der Waals surface area contributed by atoms with Crippen molar-refractivity contribution in [1.82, 2.24) is 9.88 Å². The van der Waals surface area contributed by atoms with Gasteiger partial charge in [0.05, 0.1) is 12.5 Å². The third-order valence-electron chi connectivity index (χ3n) is 5.92. The fourth-order valence-corrected chi connectivity index (χ4v) is 4.50. The molecule has 0 radical (unpaired) electrons. The van der Waals surface area contributed by atoms with Gasteiger partial charge in [-0.1, -0.05) is 18.2 Å². The van der Waals surface area contributed by atoms with E-state index in [9.17, 15) is 0 Å². The molecule has 0 saturated carbocycles. The van der Waals surface area contributed by atoms with Crippen LogP contribution in [0, 0.1) is 5.92 Å². The number of fused-ring (bicyclic) bond motifs is 4. The lowest BCUT2D eigenvalue weighted by Crippen LogP contribution is -2.58. The van der Waals surface area contributed by atoms with Crippen LogP contribution in [0.5, 0.6) is 5.88 Å². The summed E-state index contributed by atoms with van der Waals surface area (Å²) >= 11 is 0. The van der Waals surface area contributed by atoms with E-state index in [0.29, 0.717) is 12.0 Å². The van der Waals surface area contributed by atoms with E-state index < -0.39 is 0 Å². The van der Waals surface area contributed by atoms with Crippen LogP contribution in [0.4, 0.5) is 0 Å². The van der Waals surface area contributed by atoms with E-state index in [-0.39, 0.29) is 6.10 Å². The molecule has 2 bridgehead atoms. The fraction of sp³-hybridized carbons (Fsp3) is 0.381. The molecule has 0 N–H and O–H groups in total. The molecule has 2 unspecified atom stereocenters. The minimum atomic E-state index is 0.215. The average molecular weight is 334 g/mol. The first-order valence-electron chi connectivity index (χ1n) is 9.12. The lowest BCUT2D eigenvalue weighted by Gasteiger charge is -2.49. The lowest BCUT2D eigenvalue weighted by atomic mass is 9.81. The largest absolute Gasteiger partial charge is 0.472 e. The predicted molar refractivity (Wildman–Crippen MR) is 96.7 cm³/mol. The Morgan fingerprint density at radius 2 is 1.88 bits per heavy atom. The molecular weight excluding hydrogens is 312 g/mol. The summed E-state index contributed by atoms with van der Waals surface area (Å²) in [6, 6.07) is 10.7. The smallest absolute Gasteiger partial charge is 0.221 e. The molecule has 128 valence electrons. The van der Waals surface area contributed by atoms with Crippen molar-refractivity contribution in [1.29, 1.82) is 0 Å². The summed E-state index contributed by atoms with van der Waals surface area (Å²) in [6.45, 7) is 4.69. The van der Waals surface area contributed by atoms with Crippen molar-refractivity contribution in [2.75, 3.05) is 13.1 Å². The number of piperidine rings is 3. The summed E-state index contributed by atoms with van der Waals surface area (Å²) in [5.41, 5.74) is 4.32. The average Bonchev–Trinajstić information content (AvgIpc) is 3.14. The van der Waals surface area contributed by atoms with Gasteiger partial charge in [-0.05, 0) is 56.5 Å². The molecule has 0 spiro atoms. The third kappa shape index (κ3) is 2.44. The Balaban J connectivity index is 1.53. The van der Waals surface area contributed by atoms with E-state index >= 15 is 0 Å².